The summed E-state index contributed by atoms with van der Waals surface area (Å²) in [6, 6.07) is 3.74. The molecule has 4 heteroatoms. The van der Waals surface area contributed by atoms with Gasteiger partial charge in [0.15, 0.2) is 0 Å². The minimum Gasteiger partial charge on any atom is -0.382 e. The molecule has 1 aromatic rings. The van der Waals surface area contributed by atoms with Gasteiger partial charge in [0.25, 0.3) is 0 Å². The van der Waals surface area contributed by atoms with Crippen LogP contribution in [0.2, 0.25) is 0 Å². The van der Waals surface area contributed by atoms with E-state index in [0.717, 1.165) is 18.9 Å². The third-order valence-corrected chi connectivity index (χ3v) is 3.29. The van der Waals surface area contributed by atoms with Gasteiger partial charge in [0.2, 0.25) is 0 Å². The first-order valence-corrected chi connectivity index (χ1v) is 6.39. The van der Waals surface area contributed by atoms with E-state index in [1.165, 1.54) is 12.1 Å². The van der Waals surface area contributed by atoms with Crippen LogP contribution in [-0.2, 0) is 4.74 Å². The average Bonchev–Trinajstić information content (AvgIpc) is 2.27. The zero-order valence-corrected chi connectivity index (χ0v) is 10.7. The van der Waals surface area contributed by atoms with Gasteiger partial charge in [-0.05, 0) is 30.9 Å². The van der Waals surface area contributed by atoms with Crippen molar-refractivity contribution in [2.45, 2.75) is 38.8 Å². The van der Waals surface area contributed by atoms with E-state index < -0.39 is 11.6 Å². The monoisotopic (exact) mass is 255 g/mol. The summed E-state index contributed by atoms with van der Waals surface area (Å²) in [6.45, 7) is 4.93. The standard InChI is InChI=1S/C14H19F2NO/c1-9(2)14-8-12(3-4-18-14)17-13-6-10(15)5-11(16)7-13/h5-7,9,12,14,17H,3-4,8H2,1-2H3. The van der Waals surface area contributed by atoms with E-state index in [0.29, 0.717) is 18.2 Å². The van der Waals surface area contributed by atoms with Crippen LogP contribution < -0.4 is 5.32 Å². The lowest BCUT2D eigenvalue weighted by atomic mass is 9.95. The molecule has 18 heavy (non-hydrogen) atoms. The van der Waals surface area contributed by atoms with Crippen molar-refractivity contribution in [3.63, 3.8) is 0 Å². The third-order valence-electron chi connectivity index (χ3n) is 3.29. The van der Waals surface area contributed by atoms with Crippen LogP contribution in [0.5, 0.6) is 0 Å². The van der Waals surface area contributed by atoms with Gasteiger partial charge in [0.1, 0.15) is 11.6 Å². The number of hydrogen-bond donors (Lipinski definition) is 1. The third kappa shape index (κ3) is 3.42. The van der Waals surface area contributed by atoms with Crippen LogP contribution in [0.25, 0.3) is 0 Å². The molecule has 2 unspecified atom stereocenters. The fourth-order valence-corrected chi connectivity index (χ4v) is 2.30. The summed E-state index contributed by atoms with van der Waals surface area (Å²) in [4.78, 5) is 0. The molecule has 0 amide bonds. The maximum absolute atomic E-state index is 13.1. The largest absolute Gasteiger partial charge is 0.382 e. The molecule has 1 saturated heterocycles. The van der Waals surface area contributed by atoms with Crippen LogP contribution in [0.1, 0.15) is 26.7 Å². The van der Waals surface area contributed by atoms with Crippen molar-refractivity contribution in [1.29, 1.82) is 0 Å². The second kappa shape index (κ2) is 5.65. The van der Waals surface area contributed by atoms with Gasteiger partial charge in [0, 0.05) is 24.4 Å². The molecule has 2 rings (SSSR count). The zero-order valence-electron chi connectivity index (χ0n) is 10.7. The van der Waals surface area contributed by atoms with E-state index in [1.807, 2.05) is 0 Å². The highest BCUT2D eigenvalue weighted by Gasteiger charge is 2.24. The van der Waals surface area contributed by atoms with Crippen LogP contribution in [0.15, 0.2) is 18.2 Å². The van der Waals surface area contributed by atoms with Gasteiger partial charge >= 0.3 is 0 Å². The number of rotatable bonds is 3. The number of hydrogen-bond acceptors (Lipinski definition) is 2. The molecular formula is C14H19F2NO. The molecule has 100 valence electrons. The van der Waals surface area contributed by atoms with Crippen molar-refractivity contribution in [3.8, 4) is 0 Å². The van der Waals surface area contributed by atoms with E-state index in [2.05, 4.69) is 19.2 Å². The fraction of sp³-hybridized carbons (Fsp3) is 0.571. The normalized spacial score (nSPS) is 24.3. The van der Waals surface area contributed by atoms with E-state index in [-0.39, 0.29) is 12.1 Å². The number of halogens is 2. The molecule has 1 aliphatic heterocycles. The molecule has 0 aliphatic carbocycles. The van der Waals surface area contributed by atoms with Crippen molar-refractivity contribution in [2.24, 2.45) is 5.92 Å². The van der Waals surface area contributed by atoms with Crippen molar-refractivity contribution in [3.05, 3.63) is 29.8 Å². The molecule has 1 fully saturated rings. The molecule has 1 aromatic carbocycles. The molecule has 0 spiro atoms. The molecule has 0 bridgehead atoms. The lowest BCUT2D eigenvalue weighted by Crippen LogP contribution is -2.36. The highest BCUT2D eigenvalue weighted by Crippen LogP contribution is 2.23. The van der Waals surface area contributed by atoms with Crippen LogP contribution in [0.4, 0.5) is 14.5 Å². The molecule has 0 saturated carbocycles. The van der Waals surface area contributed by atoms with Gasteiger partial charge in [-0.1, -0.05) is 13.8 Å². The predicted octanol–water partition coefficient (Wildman–Crippen LogP) is 3.58. The van der Waals surface area contributed by atoms with E-state index in [4.69, 9.17) is 4.74 Å². The van der Waals surface area contributed by atoms with Crippen LogP contribution in [-0.4, -0.2) is 18.8 Å². The molecule has 2 nitrogen and oxygen atoms in total. The Balaban J connectivity index is 2.00. The predicted molar refractivity (Wildman–Crippen MR) is 67.6 cm³/mol. The van der Waals surface area contributed by atoms with E-state index >= 15 is 0 Å². The molecule has 1 aliphatic rings. The first-order chi connectivity index (χ1) is 8.54. The van der Waals surface area contributed by atoms with Crippen molar-refractivity contribution >= 4 is 5.69 Å². The van der Waals surface area contributed by atoms with Gasteiger partial charge in [-0.3, -0.25) is 0 Å². The summed E-state index contributed by atoms with van der Waals surface area (Å²) < 4.78 is 31.8. The minimum atomic E-state index is -0.551. The highest BCUT2D eigenvalue weighted by atomic mass is 19.1. The molecular weight excluding hydrogens is 236 g/mol. The lowest BCUT2D eigenvalue weighted by Gasteiger charge is -2.32. The summed E-state index contributed by atoms with van der Waals surface area (Å²) in [7, 11) is 0. The zero-order chi connectivity index (χ0) is 13.1. The molecule has 0 aromatic heterocycles. The maximum atomic E-state index is 13.1. The summed E-state index contributed by atoms with van der Waals surface area (Å²) in [6.07, 6.45) is 1.95. The van der Waals surface area contributed by atoms with Crippen molar-refractivity contribution in [2.75, 3.05) is 11.9 Å². The highest BCUT2D eigenvalue weighted by molar-refractivity contribution is 5.44. The topological polar surface area (TPSA) is 21.3 Å². The number of ether oxygens (including phenoxy) is 1. The first kappa shape index (κ1) is 13.3. The Bertz CT molecular complexity index is 389. The molecule has 0 radical (unpaired) electrons. The second-order valence-electron chi connectivity index (χ2n) is 5.18. The Labute approximate surface area is 106 Å². The Kier molecular flexibility index (Phi) is 4.17. The minimum absolute atomic E-state index is 0.215. The van der Waals surface area contributed by atoms with Crippen molar-refractivity contribution in [1.82, 2.24) is 0 Å². The summed E-state index contributed by atoms with van der Waals surface area (Å²) in [5.74, 6) is -0.645. The van der Waals surface area contributed by atoms with Gasteiger partial charge in [-0.2, -0.15) is 0 Å². The Hall–Kier alpha value is -1.16. The van der Waals surface area contributed by atoms with Crippen LogP contribution >= 0.6 is 0 Å². The summed E-state index contributed by atoms with van der Waals surface area (Å²) >= 11 is 0. The van der Waals surface area contributed by atoms with E-state index in [9.17, 15) is 8.78 Å². The quantitative estimate of drug-likeness (QED) is 0.891. The Morgan fingerprint density at radius 3 is 2.50 bits per heavy atom. The number of benzene rings is 1. The van der Waals surface area contributed by atoms with Gasteiger partial charge < -0.3 is 10.1 Å². The number of nitrogens with one attached hydrogen (secondary N) is 1. The van der Waals surface area contributed by atoms with E-state index in [1.54, 1.807) is 0 Å². The lowest BCUT2D eigenvalue weighted by molar-refractivity contribution is -0.0160. The van der Waals surface area contributed by atoms with Crippen LogP contribution in [0, 0.1) is 17.6 Å². The maximum Gasteiger partial charge on any atom is 0.128 e. The average molecular weight is 255 g/mol. The smallest absolute Gasteiger partial charge is 0.128 e. The molecule has 1 heterocycles. The summed E-state index contributed by atoms with van der Waals surface area (Å²) in [5.41, 5.74) is 0.502. The number of anilines is 1. The molecule has 1 N–H and O–H groups in total. The SMILES string of the molecule is CC(C)C1CC(Nc2cc(F)cc(F)c2)CCO1. The summed E-state index contributed by atoms with van der Waals surface area (Å²) in [5, 5.41) is 3.19. The Morgan fingerprint density at radius 1 is 1.22 bits per heavy atom. The van der Waals surface area contributed by atoms with Gasteiger partial charge in [0.05, 0.1) is 6.10 Å². The Morgan fingerprint density at radius 2 is 1.89 bits per heavy atom. The van der Waals surface area contributed by atoms with Crippen LogP contribution in [0.3, 0.4) is 0 Å². The first-order valence-electron chi connectivity index (χ1n) is 6.39. The molecule has 2 atom stereocenters. The second-order valence-corrected chi connectivity index (χ2v) is 5.18. The van der Waals surface area contributed by atoms with Gasteiger partial charge in [-0.25, -0.2) is 8.78 Å². The van der Waals surface area contributed by atoms with Gasteiger partial charge in [-0.15, -0.1) is 0 Å². The fourth-order valence-electron chi connectivity index (χ4n) is 2.30. The van der Waals surface area contributed by atoms with Crippen molar-refractivity contribution < 1.29 is 13.5 Å².